The average Bonchev–Trinajstić information content (AvgIpc) is 2.40. The van der Waals surface area contributed by atoms with Crippen LogP contribution in [0.2, 0.25) is 10.3 Å². The minimum absolute atomic E-state index is 0.165. The Bertz CT molecular complexity index is 455. The van der Waals surface area contributed by atoms with Crippen molar-refractivity contribution in [3.63, 3.8) is 0 Å². The number of hydrogen-bond donors (Lipinski definition) is 1. The van der Waals surface area contributed by atoms with Gasteiger partial charge >= 0.3 is 0 Å². The molecule has 0 bridgehead atoms. The largest absolute Gasteiger partial charge is 0.369 e. The first-order valence-corrected chi connectivity index (χ1v) is 7.12. The zero-order valence-corrected chi connectivity index (χ0v) is 12.0. The number of rotatable bonds is 5. The Morgan fingerprint density at radius 2 is 2.21 bits per heavy atom. The number of amides is 1. The highest BCUT2D eigenvalue weighted by Gasteiger charge is 2.16. The van der Waals surface area contributed by atoms with Crippen molar-refractivity contribution in [1.82, 2.24) is 14.9 Å². The van der Waals surface area contributed by atoms with Crippen molar-refractivity contribution in [1.29, 1.82) is 0 Å². The van der Waals surface area contributed by atoms with Gasteiger partial charge in [-0.3, -0.25) is 4.79 Å². The minimum Gasteiger partial charge on any atom is -0.369 e. The summed E-state index contributed by atoms with van der Waals surface area (Å²) in [6, 6.07) is 0. The van der Waals surface area contributed by atoms with Crippen LogP contribution in [0.4, 0.5) is 5.82 Å². The molecule has 1 aromatic heterocycles. The number of anilines is 1. The van der Waals surface area contributed by atoms with Crippen molar-refractivity contribution in [3.05, 3.63) is 16.5 Å². The molecule has 0 aromatic carbocycles. The Hall–Kier alpha value is -1.07. The second kappa shape index (κ2) is 6.91. The molecule has 7 heteroatoms. The summed E-state index contributed by atoms with van der Waals surface area (Å²) >= 11 is 11.6. The molecular weight excluding hydrogens is 287 g/mol. The van der Waals surface area contributed by atoms with Crippen LogP contribution in [0.5, 0.6) is 0 Å². The summed E-state index contributed by atoms with van der Waals surface area (Å²) in [7, 11) is 0. The van der Waals surface area contributed by atoms with E-state index in [1.807, 2.05) is 4.90 Å². The monoisotopic (exact) mass is 302 g/mol. The van der Waals surface area contributed by atoms with Crippen molar-refractivity contribution in [2.75, 3.05) is 25.0 Å². The van der Waals surface area contributed by atoms with Crippen LogP contribution >= 0.6 is 23.2 Å². The lowest BCUT2D eigenvalue weighted by Gasteiger charge is -2.26. The van der Waals surface area contributed by atoms with Crippen LogP contribution in [-0.2, 0) is 4.79 Å². The van der Waals surface area contributed by atoms with Crippen LogP contribution < -0.4 is 5.32 Å². The molecule has 1 amide bonds. The van der Waals surface area contributed by atoms with Crippen molar-refractivity contribution in [2.45, 2.75) is 25.7 Å². The SMILES string of the molecule is O=C1CCCCN1CCCNc1nc(Cl)ncc1Cl. The molecule has 104 valence electrons. The molecule has 1 aliphatic rings. The second-order valence-corrected chi connectivity index (χ2v) is 5.20. The summed E-state index contributed by atoms with van der Waals surface area (Å²) in [4.78, 5) is 21.3. The lowest BCUT2D eigenvalue weighted by molar-refractivity contribution is -0.133. The normalized spacial score (nSPS) is 15.7. The summed E-state index contributed by atoms with van der Waals surface area (Å²) in [6.45, 7) is 2.33. The second-order valence-electron chi connectivity index (χ2n) is 4.45. The number of piperidine rings is 1. The van der Waals surface area contributed by atoms with E-state index in [1.165, 1.54) is 6.20 Å². The highest BCUT2D eigenvalue weighted by atomic mass is 35.5. The Labute approximate surface area is 122 Å². The molecule has 1 N–H and O–H groups in total. The predicted octanol–water partition coefficient (Wildman–Crippen LogP) is 2.60. The first-order chi connectivity index (χ1) is 9.16. The van der Waals surface area contributed by atoms with Gasteiger partial charge in [-0.1, -0.05) is 11.6 Å². The van der Waals surface area contributed by atoms with Gasteiger partial charge in [0.25, 0.3) is 0 Å². The quantitative estimate of drug-likeness (QED) is 0.671. The van der Waals surface area contributed by atoms with E-state index in [-0.39, 0.29) is 11.2 Å². The third-order valence-corrected chi connectivity index (χ3v) is 3.49. The van der Waals surface area contributed by atoms with Crippen LogP contribution in [0.15, 0.2) is 6.20 Å². The first-order valence-electron chi connectivity index (χ1n) is 6.36. The molecule has 1 aliphatic heterocycles. The van der Waals surface area contributed by atoms with Crippen molar-refractivity contribution in [2.24, 2.45) is 0 Å². The predicted molar refractivity (Wildman–Crippen MR) is 75.6 cm³/mol. The van der Waals surface area contributed by atoms with E-state index in [2.05, 4.69) is 15.3 Å². The number of nitrogens with one attached hydrogen (secondary N) is 1. The maximum Gasteiger partial charge on any atom is 0.224 e. The fourth-order valence-corrected chi connectivity index (χ4v) is 2.34. The molecule has 2 heterocycles. The van der Waals surface area contributed by atoms with E-state index < -0.39 is 0 Å². The zero-order chi connectivity index (χ0) is 13.7. The Balaban J connectivity index is 1.74. The van der Waals surface area contributed by atoms with E-state index >= 15 is 0 Å². The molecule has 0 aliphatic carbocycles. The molecule has 5 nitrogen and oxygen atoms in total. The maximum atomic E-state index is 11.6. The van der Waals surface area contributed by atoms with Gasteiger partial charge in [0.1, 0.15) is 10.8 Å². The third kappa shape index (κ3) is 4.21. The van der Waals surface area contributed by atoms with Crippen LogP contribution in [0.3, 0.4) is 0 Å². The van der Waals surface area contributed by atoms with Gasteiger partial charge in [0.2, 0.25) is 11.2 Å². The van der Waals surface area contributed by atoms with E-state index in [0.29, 0.717) is 23.8 Å². The number of halogens is 2. The number of hydrogen-bond acceptors (Lipinski definition) is 4. The number of carbonyl (C=O) groups excluding carboxylic acids is 1. The van der Waals surface area contributed by atoms with Gasteiger partial charge < -0.3 is 10.2 Å². The van der Waals surface area contributed by atoms with Crippen molar-refractivity contribution >= 4 is 34.9 Å². The lowest BCUT2D eigenvalue weighted by atomic mass is 10.1. The maximum absolute atomic E-state index is 11.6. The summed E-state index contributed by atoms with van der Waals surface area (Å²) in [6.07, 6.45) is 5.12. The van der Waals surface area contributed by atoms with E-state index in [9.17, 15) is 4.79 Å². The molecule has 0 radical (unpaired) electrons. The molecule has 19 heavy (non-hydrogen) atoms. The van der Waals surface area contributed by atoms with Gasteiger partial charge in [-0.2, -0.15) is 4.98 Å². The van der Waals surface area contributed by atoms with E-state index in [0.717, 1.165) is 32.4 Å². The summed E-state index contributed by atoms with van der Waals surface area (Å²) < 4.78 is 0. The van der Waals surface area contributed by atoms with Crippen molar-refractivity contribution in [3.8, 4) is 0 Å². The topological polar surface area (TPSA) is 58.1 Å². The summed E-state index contributed by atoms with van der Waals surface area (Å²) in [5.41, 5.74) is 0. The van der Waals surface area contributed by atoms with Crippen LogP contribution in [-0.4, -0.2) is 40.4 Å². The number of aromatic nitrogens is 2. The van der Waals surface area contributed by atoms with Gasteiger partial charge in [0.15, 0.2) is 0 Å². The Kier molecular flexibility index (Phi) is 5.22. The molecule has 0 spiro atoms. The third-order valence-electron chi connectivity index (χ3n) is 3.03. The fraction of sp³-hybridized carbons (Fsp3) is 0.583. The lowest BCUT2D eigenvalue weighted by Crippen LogP contribution is -2.36. The van der Waals surface area contributed by atoms with Gasteiger partial charge in [-0.05, 0) is 30.9 Å². The standard InChI is InChI=1S/C12H16Cl2N4O/c13-9-8-16-12(14)17-11(9)15-5-3-7-18-6-2-1-4-10(18)19/h8H,1-7H2,(H,15,16,17). The number of nitrogens with zero attached hydrogens (tertiary/aromatic N) is 3. The molecular formula is C12H16Cl2N4O. The van der Waals surface area contributed by atoms with Crippen LogP contribution in [0, 0.1) is 0 Å². The van der Waals surface area contributed by atoms with Crippen LogP contribution in [0.25, 0.3) is 0 Å². The molecule has 1 fully saturated rings. The fourth-order valence-electron chi connectivity index (χ4n) is 2.04. The number of carbonyl (C=O) groups is 1. The number of likely N-dealkylation sites (tertiary alicyclic amines) is 1. The van der Waals surface area contributed by atoms with Gasteiger partial charge in [0, 0.05) is 26.1 Å². The molecule has 1 aromatic rings. The van der Waals surface area contributed by atoms with Crippen LogP contribution in [0.1, 0.15) is 25.7 Å². The zero-order valence-electron chi connectivity index (χ0n) is 10.5. The summed E-state index contributed by atoms with van der Waals surface area (Å²) in [5, 5.41) is 3.71. The summed E-state index contributed by atoms with van der Waals surface area (Å²) in [5.74, 6) is 0.793. The molecule has 2 rings (SSSR count). The highest BCUT2D eigenvalue weighted by molar-refractivity contribution is 6.33. The molecule has 0 saturated carbocycles. The molecule has 0 unspecified atom stereocenters. The average molecular weight is 303 g/mol. The molecule has 0 atom stereocenters. The minimum atomic E-state index is 0.165. The van der Waals surface area contributed by atoms with Gasteiger partial charge in [-0.25, -0.2) is 4.98 Å². The van der Waals surface area contributed by atoms with Crippen molar-refractivity contribution < 1.29 is 4.79 Å². The van der Waals surface area contributed by atoms with E-state index in [4.69, 9.17) is 23.2 Å². The van der Waals surface area contributed by atoms with Gasteiger partial charge in [0.05, 0.1) is 6.20 Å². The van der Waals surface area contributed by atoms with Gasteiger partial charge in [-0.15, -0.1) is 0 Å². The Morgan fingerprint density at radius 1 is 1.37 bits per heavy atom. The first kappa shape index (κ1) is 14.3. The highest BCUT2D eigenvalue weighted by Crippen LogP contribution is 2.19. The molecule has 1 saturated heterocycles. The van der Waals surface area contributed by atoms with E-state index in [1.54, 1.807) is 0 Å². The Morgan fingerprint density at radius 3 is 3.00 bits per heavy atom. The smallest absolute Gasteiger partial charge is 0.224 e.